The Labute approximate surface area is 119 Å². The number of non-ortho nitro benzene ring substituents is 1. The Morgan fingerprint density at radius 3 is 2.45 bits per heavy atom. The molecule has 20 heavy (non-hydrogen) atoms. The van der Waals surface area contributed by atoms with Gasteiger partial charge in [-0.1, -0.05) is 11.6 Å². The first-order valence-corrected chi connectivity index (χ1v) is 6.15. The smallest absolute Gasteiger partial charge is 0.270 e. The first kappa shape index (κ1) is 16.3. The molecule has 0 radical (unpaired) electrons. The highest BCUT2D eigenvalue weighted by molar-refractivity contribution is 6.34. The molecule has 0 bridgehead atoms. The third-order valence-corrected chi connectivity index (χ3v) is 2.93. The summed E-state index contributed by atoms with van der Waals surface area (Å²) in [6.45, 7) is 2.48. The van der Waals surface area contributed by atoms with Crippen LogP contribution in [0.3, 0.4) is 0 Å². The summed E-state index contributed by atoms with van der Waals surface area (Å²) in [5.41, 5.74) is -0.303. The summed E-state index contributed by atoms with van der Waals surface area (Å²) >= 11 is 5.81. The van der Waals surface area contributed by atoms with Crippen LogP contribution in [0.4, 0.5) is 14.5 Å². The van der Waals surface area contributed by atoms with Crippen LogP contribution in [0.15, 0.2) is 18.2 Å². The van der Waals surface area contributed by atoms with Crippen LogP contribution in [0.25, 0.3) is 0 Å². The Hall–Kier alpha value is -1.76. The van der Waals surface area contributed by atoms with Crippen LogP contribution in [0.1, 0.15) is 24.2 Å². The van der Waals surface area contributed by atoms with Crippen LogP contribution < -0.4 is 0 Å². The maximum absolute atomic E-state index is 12.5. The molecule has 1 aromatic carbocycles. The molecule has 0 spiro atoms. The first-order valence-electron chi connectivity index (χ1n) is 5.77. The molecule has 8 heteroatoms. The second-order valence-electron chi connectivity index (χ2n) is 4.36. The number of halogens is 3. The molecule has 0 aliphatic rings. The zero-order valence-electron chi connectivity index (χ0n) is 10.8. The number of benzene rings is 1. The van der Waals surface area contributed by atoms with E-state index in [2.05, 4.69) is 0 Å². The Kier molecular flexibility index (Phi) is 5.38. The largest absolute Gasteiger partial charge is 0.330 e. The first-order chi connectivity index (χ1) is 9.23. The van der Waals surface area contributed by atoms with Gasteiger partial charge in [0.25, 0.3) is 18.0 Å². The van der Waals surface area contributed by atoms with Crippen molar-refractivity contribution in [2.24, 2.45) is 0 Å². The highest BCUT2D eigenvalue weighted by atomic mass is 35.5. The van der Waals surface area contributed by atoms with Gasteiger partial charge in [0.1, 0.15) is 0 Å². The van der Waals surface area contributed by atoms with E-state index in [0.717, 1.165) is 17.0 Å². The molecule has 0 fully saturated rings. The summed E-state index contributed by atoms with van der Waals surface area (Å²) in [6, 6.07) is 2.86. The number of nitro groups is 1. The van der Waals surface area contributed by atoms with Crippen molar-refractivity contribution in [3.63, 3.8) is 0 Å². The number of rotatable bonds is 5. The fourth-order valence-electron chi connectivity index (χ4n) is 1.62. The fourth-order valence-corrected chi connectivity index (χ4v) is 1.88. The summed E-state index contributed by atoms with van der Waals surface area (Å²) in [6.07, 6.45) is -2.67. The molecule has 5 nitrogen and oxygen atoms in total. The minimum absolute atomic E-state index is 0.0355. The van der Waals surface area contributed by atoms with Crippen molar-refractivity contribution in [2.75, 3.05) is 6.54 Å². The van der Waals surface area contributed by atoms with E-state index in [4.69, 9.17) is 11.6 Å². The van der Waals surface area contributed by atoms with Crippen molar-refractivity contribution in [1.29, 1.82) is 0 Å². The van der Waals surface area contributed by atoms with E-state index in [0.29, 0.717) is 0 Å². The molecule has 0 N–H and O–H groups in total. The van der Waals surface area contributed by atoms with Crippen LogP contribution in [-0.2, 0) is 0 Å². The van der Waals surface area contributed by atoms with Gasteiger partial charge in [-0.15, -0.1) is 0 Å². The molecule has 1 rings (SSSR count). The average Bonchev–Trinajstić information content (AvgIpc) is 2.34. The van der Waals surface area contributed by atoms with E-state index in [9.17, 15) is 23.7 Å². The number of alkyl halides is 2. The number of carbonyl (C=O) groups excluding carboxylic acids is 1. The molecule has 0 unspecified atom stereocenters. The van der Waals surface area contributed by atoms with E-state index in [-0.39, 0.29) is 16.3 Å². The van der Waals surface area contributed by atoms with Crippen molar-refractivity contribution in [3.8, 4) is 0 Å². The van der Waals surface area contributed by atoms with E-state index in [1.54, 1.807) is 13.8 Å². The quantitative estimate of drug-likeness (QED) is 0.619. The zero-order valence-corrected chi connectivity index (χ0v) is 11.6. The number of nitrogens with zero attached hydrogens (tertiary/aromatic N) is 2. The molecule has 110 valence electrons. The second-order valence-corrected chi connectivity index (χ2v) is 4.77. The number of carbonyl (C=O) groups is 1. The van der Waals surface area contributed by atoms with Gasteiger partial charge in [-0.3, -0.25) is 14.9 Å². The molecular weight excluding hydrogens is 294 g/mol. The second kappa shape index (κ2) is 6.60. The van der Waals surface area contributed by atoms with E-state index in [1.165, 1.54) is 6.07 Å². The van der Waals surface area contributed by atoms with Crippen LogP contribution in [-0.4, -0.2) is 34.7 Å². The van der Waals surface area contributed by atoms with Crippen molar-refractivity contribution in [1.82, 2.24) is 4.90 Å². The maximum atomic E-state index is 12.5. The third-order valence-electron chi connectivity index (χ3n) is 2.61. The number of hydrogen-bond acceptors (Lipinski definition) is 3. The predicted octanol–water partition coefficient (Wildman–Crippen LogP) is 3.36. The SMILES string of the molecule is CC(C)N(CC(F)F)C(=O)c1ccc([N+](=O)[O-])cc1Cl. The van der Waals surface area contributed by atoms with Crippen molar-refractivity contribution in [3.05, 3.63) is 38.9 Å². The van der Waals surface area contributed by atoms with Crippen molar-refractivity contribution < 1.29 is 18.5 Å². The zero-order chi connectivity index (χ0) is 15.4. The Balaban J connectivity index is 3.09. The molecule has 0 atom stereocenters. The molecule has 0 aliphatic carbocycles. The maximum Gasteiger partial charge on any atom is 0.270 e. The number of amides is 1. The standard InChI is InChI=1S/C12H13ClF2N2O3/c1-7(2)16(6-11(14)15)12(18)9-4-3-8(17(19)20)5-10(9)13/h3-5,7,11H,6H2,1-2H3. The Morgan fingerprint density at radius 1 is 1.45 bits per heavy atom. The molecule has 1 aromatic rings. The Bertz CT molecular complexity index is 523. The fraction of sp³-hybridized carbons (Fsp3) is 0.417. The lowest BCUT2D eigenvalue weighted by atomic mass is 10.1. The van der Waals surface area contributed by atoms with Gasteiger partial charge in [0.15, 0.2) is 0 Å². The van der Waals surface area contributed by atoms with Gasteiger partial charge in [0.2, 0.25) is 0 Å². The average molecular weight is 307 g/mol. The van der Waals surface area contributed by atoms with Gasteiger partial charge < -0.3 is 4.90 Å². The summed E-state index contributed by atoms with van der Waals surface area (Å²) in [4.78, 5) is 23.1. The lowest BCUT2D eigenvalue weighted by molar-refractivity contribution is -0.384. The lowest BCUT2D eigenvalue weighted by Crippen LogP contribution is -2.40. The summed E-state index contributed by atoms with van der Waals surface area (Å²) in [5, 5.41) is 10.4. The normalized spacial score (nSPS) is 10.9. The molecule has 1 amide bonds. The topological polar surface area (TPSA) is 63.5 Å². The van der Waals surface area contributed by atoms with E-state index in [1.807, 2.05) is 0 Å². The number of hydrogen-bond donors (Lipinski definition) is 0. The van der Waals surface area contributed by atoms with Crippen molar-refractivity contribution >= 4 is 23.2 Å². The van der Waals surface area contributed by atoms with E-state index < -0.39 is 29.8 Å². The predicted molar refractivity (Wildman–Crippen MR) is 70.3 cm³/mol. The minimum atomic E-state index is -2.67. The van der Waals surface area contributed by atoms with Crippen LogP contribution in [0.2, 0.25) is 5.02 Å². The van der Waals surface area contributed by atoms with Crippen LogP contribution >= 0.6 is 11.6 Å². The number of nitro benzene ring substituents is 1. The van der Waals surface area contributed by atoms with Gasteiger partial charge in [-0.25, -0.2) is 8.78 Å². The van der Waals surface area contributed by atoms with Gasteiger partial charge in [-0.2, -0.15) is 0 Å². The summed E-state index contributed by atoms with van der Waals surface area (Å²) in [5.74, 6) is -0.680. The molecule has 0 saturated heterocycles. The minimum Gasteiger partial charge on any atom is -0.330 e. The Morgan fingerprint density at radius 2 is 2.05 bits per heavy atom. The molecular formula is C12H13ClF2N2O3. The molecule has 0 heterocycles. The summed E-state index contributed by atoms with van der Waals surface area (Å²) < 4.78 is 25.0. The van der Waals surface area contributed by atoms with Gasteiger partial charge in [0, 0.05) is 18.2 Å². The highest BCUT2D eigenvalue weighted by Crippen LogP contribution is 2.24. The van der Waals surface area contributed by atoms with Gasteiger partial charge in [0.05, 0.1) is 22.1 Å². The van der Waals surface area contributed by atoms with Crippen molar-refractivity contribution in [2.45, 2.75) is 26.3 Å². The van der Waals surface area contributed by atoms with Crippen LogP contribution in [0, 0.1) is 10.1 Å². The van der Waals surface area contributed by atoms with Crippen LogP contribution in [0.5, 0.6) is 0 Å². The molecule has 0 saturated carbocycles. The monoisotopic (exact) mass is 306 g/mol. The highest BCUT2D eigenvalue weighted by Gasteiger charge is 2.25. The third kappa shape index (κ3) is 3.86. The van der Waals surface area contributed by atoms with E-state index >= 15 is 0 Å². The van der Waals surface area contributed by atoms with Gasteiger partial charge in [-0.05, 0) is 19.9 Å². The molecule has 0 aromatic heterocycles. The summed E-state index contributed by atoms with van der Waals surface area (Å²) in [7, 11) is 0. The molecule has 0 aliphatic heterocycles. The van der Waals surface area contributed by atoms with Gasteiger partial charge >= 0.3 is 0 Å². The lowest BCUT2D eigenvalue weighted by Gasteiger charge is -2.26.